The van der Waals surface area contributed by atoms with Crippen molar-refractivity contribution in [1.29, 1.82) is 0 Å². The van der Waals surface area contributed by atoms with Gasteiger partial charge in [-0.3, -0.25) is 4.79 Å². The first-order valence-corrected chi connectivity index (χ1v) is 6.35. The van der Waals surface area contributed by atoms with E-state index in [0.29, 0.717) is 17.0 Å². The van der Waals surface area contributed by atoms with Gasteiger partial charge in [-0.2, -0.15) is 0 Å². The molecule has 1 aliphatic heterocycles. The summed E-state index contributed by atoms with van der Waals surface area (Å²) in [5.74, 6) is 0.0304. The number of aryl methyl sites for hydroxylation is 1. The largest absolute Gasteiger partial charge is 0.349 e. The molecular weight excluding hydrogens is 231 g/mol. The molecule has 1 saturated heterocycles. The van der Waals surface area contributed by atoms with Crippen LogP contribution in [0.25, 0.3) is 0 Å². The topological polar surface area (TPSA) is 41.1 Å². The van der Waals surface area contributed by atoms with E-state index in [1.165, 1.54) is 12.1 Å². The molecule has 1 heterocycles. The maximum atomic E-state index is 13.1. The van der Waals surface area contributed by atoms with Crippen LogP contribution in [0.4, 0.5) is 4.39 Å². The molecule has 1 fully saturated rings. The molecule has 0 bridgehead atoms. The number of carbonyl (C=O) groups is 1. The molecule has 1 aliphatic rings. The predicted octanol–water partition coefficient (Wildman–Crippen LogP) is 1.86. The quantitative estimate of drug-likeness (QED) is 0.841. The van der Waals surface area contributed by atoms with E-state index in [4.69, 9.17) is 0 Å². The molecule has 1 aromatic rings. The lowest BCUT2D eigenvalue weighted by Gasteiger charge is -2.30. The molecule has 0 aromatic heterocycles. The van der Waals surface area contributed by atoms with Crippen LogP contribution in [0.1, 0.15) is 29.3 Å². The van der Waals surface area contributed by atoms with E-state index in [1.807, 2.05) is 0 Å². The first kappa shape index (κ1) is 13.0. The summed E-state index contributed by atoms with van der Waals surface area (Å²) in [5.41, 5.74) is 1.03. The van der Waals surface area contributed by atoms with E-state index >= 15 is 0 Å². The summed E-state index contributed by atoms with van der Waals surface area (Å²) in [7, 11) is 0. The van der Waals surface area contributed by atoms with Crippen LogP contribution >= 0.6 is 0 Å². The van der Waals surface area contributed by atoms with Crippen molar-refractivity contribution in [1.82, 2.24) is 10.6 Å². The zero-order chi connectivity index (χ0) is 13.1. The summed E-state index contributed by atoms with van der Waals surface area (Å²) in [5, 5.41) is 6.32. The van der Waals surface area contributed by atoms with Crippen molar-refractivity contribution in [3.63, 3.8) is 0 Å². The first-order chi connectivity index (χ1) is 8.58. The molecule has 3 nitrogen and oxygen atoms in total. The summed E-state index contributed by atoms with van der Waals surface area (Å²) in [6.07, 6.45) is 0.938. The minimum atomic E-state index is -0.276. The molecular formula is C14H19FN2O. The van der Waals surface area contributed by atoms with E-state index in [-0.39, 0.29) is 17.8 Å². The van der Waals surface area contributed by atoms with Crippen LogP contribution in [-0.2, 0) is 0 Å². The summed E-state index contributed by atoms with van der Waals surface area (Å²) in [6.45, 7) is 5.64. The molecule has 1 aromatic carbocycles. The van der Waals surface area contributed by atoms with Gasteiger partial charge in [-0.1, -0.05) is 6.92 Å². The van der Waals surface area contributed by atoms with Gasteiger partial charge in [0.1, 0.15) is 5.82 Å². The molecule has 2 atom stereocenters. The van der Waals surface area contributed by atoms with Crippen molar-refractivity contribution < 1.29 is 9.18 Å². The lowest BCUT2D eigenvalue weighted by atomic mass is 9.95. The van der Waals surface area contributed by atoms with Crippen LogP contribution < -0.4 is 10.6 Å². The van der Waals surface area contributed by atoms with Gasteiger partial charge in [-0.05, 0) is 56.1 Å². The van der Waals surface area contributed by atoms with Crippen molar-refractivity contribution in [3.05, 3.63) is 35.1 Å². The monoisotopic (exact) mass is 250 g/mol. The summed E-state index contributed by atoms with van der Waals surface area (Å²) < 4.78 is 13.1. The third-order valence-electron chi connectivity index (χ3n) is 3.52. The standard InChI is InChI=1S/C14H19FN2O/c1-9-7-11(3-4-12(9)15)14(18)17-13-5-6-16-8-10(13)2/h3-4,7,10,13,16H,5-6,8H2,1-2H3,(H,17,18)/t10-,13-/m1/s1. The Bertz CT molecular complexity index is 447. The predicted molar refractivity (Wildman–Crippen MR) is 69.0 cm³/mol. The van der Waals surface area contributed by atoms with Gasteiger partial charge < -0.3 is 10.6 Å². The molecule has 0 radical (unpaired) electrons. The molecule has 2 rings (SSSR count). The lowest BCUT2D eigenvalue weighted by molar-refractivity contribution is 0.0914. The number of benzene rings is 1. The van der Waals surface area contributed by atoms with Gasteiger partial charge in [0.05, 0.1) is 0 Å². The van der Waals surface area contributed by atoms with E-state index in [2.05, 4.69) is 17.6 Å². The van der Waals surface area contributed by atoms with E-state index in [1.54, 1.807) is 13.0 Å². The Kier molecular flexibility index (Phi) is 3.97. The second kappa shape index (κ2) is 5.48. The van der Waals surface area contributed by atoms with Crippen molar-refractivity contribution in [3.8, 4) is 0 Å². The van der Waals surface area contributed by atoms with Gasteiger partial charge in [-0.15, -0.1) is 0 Å². The van der Waals surface area contributed by atoms with Crippen LogP contribution in [-0.4, -0.2) is 25.0 Å². The maximum absolute atomic E-state index is 13.1. The molecule has 0 aliphatic carbocycles. The van der Waals surface area contributed by atoms with Gasteiger partial charge in [0.2, 0.25) is 0 Å². The number of amides is 1. The average Bonchev–Trinajstić information content (AvgIpc) is 2.35. The second-order valence-electron chi connectivity index (χ2n) is 5.01. The van der Waals surface area contributed by atoms with Gasteiger partial charge in [0.25, 0.3) is 5.91 Å². The highest BCUT2D eigenvalue weighted by Crippen LogP contribution is 2.13. The van der Waals surface area contributed by atoms with Gasteiger partial charge in [0, 0.05) is 11.6 Å². The molecule has 2 N–H and O–H groups in total. The average molecular weight is 250 g/mol. The Morgan fingerprint density at radius 1 is 1.50 bits per heavy atom. The zero-order valence-electron chi connectivity index (χ0n) is 10.8. The number of hydrogen-bond donors (Lipinski definition) is 2. The molecule has 98 valence electrons. The Morgan fingerprint density at radius 3 is 2.94 bits per heavy atom. The van der Waals surface area contributed by atoms with Crippen LogP contribution in [0.5, 0.6) is 0 Å². The first-order valence-electron chi connectivity index (χ1n) is 6.35. The fourth-order valence-corrected chi connectivity index (χ4v) is 2.27. The summed E-state index contributed by atoms with van der Waals surface area (Å²) >= 11 is 0. The normalized spacial score (nSPS) is 23.7. The van der Waals surface area contributed by atoms with Crippen molar-refractivity contribution in [2.45, 2.75) is 26.3 Å². The van der Waals surface area contributed by atoms with E-state index in [0.717, 1.165) is 19.5 Å². The highest BCUT2D eigenvalue weighted by molar-refractivity contribution is 5.94. The van der Waals surface area contributed by atoms with Crippen molar-refractivity contribution in [2.75, 3.05) is 13.1 Å². The summed E-state index contributed by atoms with van der Waals surface area (Å²) in [4.78, 5) is 12.1. The van der Waals surface area contributed by atoms with Gasteiger partial charge in [0.15, 0.2) is 0 Å². The van der Waals surface area contributed by atoms with Crippen molar-refractivity contribution >= 4 is 5.91 Å². The van der Waals surface area contributed by atoms with E-state index in [9.17, 15) is 9.18 Å². The molecule has 0 saturated carbocycles. The summed E-state index contributed by atoms with van der Waals surface area (Å²) in [6, 6.07) is 4.67. The molecule has 4 heteroatoms. The Hall–Kier alpha value is -1.42. The Morgan fingerprint density at radius 2 is 2.28 bits per heavy atom. The van der Waals surface area contributed by atoms with Gasteiger partial charge >= 0.3 is 0 Å². The van der Waals surface area contributed by atoms with Crippen molar-refractivity contribution in [2.24, 2.45) is 5.92 Å². The minimum absolute atomic E-state index is 0.114. The third kappa shape index (κ3) is 2.88. The van der Waals surface area contributed by atoms with Crippen LogP contribution in [0.15, 0.2) is 18.2 Å². The molecule has 18 heavy (non-hydrogen) atoms. The molecule has 0 spiro atoms. The minimum Gasteiger partial charge on any atom is -0.349 e. The Balaban J connectivity index is 2.04. The SMILES string of the molecule is Cc1cc(C(=O)N[C@@H]2CCNC[C@H]2C)ccc1F. The maximum Gasteiger partial charge on any atom is 0.251 e. The zero-order valence-corrected chi connectivity index (χ0v) is 10.8. The molecule has 0 unspecified atom stereocenters. The number of nitrogens with one attached hydrogen (secondary N) is 2. The number of carbonyl (C=O) groups excluding carboxylic acids is 1. The second-order valence-corrected chi connectivity index (χ2v) is 5.01. The molecule has 1 amide bonds. The van der Waals surface area contributed by atoms with Gasteiger partial charge in [-0.25, -0.2) is 4.39 Å². The lowest BCUT2D eigenvalue weighted by Crippen LogP contribution is -2.48. The van der Waals surface area contributed by atoms with Crippen LogP contribution in [0.2, 0.25) is 0 Å². The number of piperidine rings is 1. The number of halogens is 1. The fourth-order valence-electron chi connectivity index (χ4n) is 2.27. The number of rotatable bonds is 2. The third-order valence-corrected chi connectivity index (χ3v) is 3.52. The smallest absolute Gasteiger partial charge is 0.251 e. The highest BCUT2D eigenvalue weighted by atomic mass is 19.1. The number of hydrogen-bond acceptors (Lipinski definition) is 2. The van der Waals surface area contributed by atoms with Crippen LogP contribution in [0.3, 0.4) is 0 Å². The fraction of sp³-hybridized carbons (Fsp3) is 0.500. The highest BCUT2D eigenvalue weighted by Gasteiger charge is 2.23. The van der Waals surface area contributed by atoms with E-state index < -0.39 is 0 Å². The van der Waals surface area contributed by atoms with Crippen LogP contribution in [0, 0.1) is 18.7 Å². The Labute approximate surface area is 107 Å².